The van der Waals surface area contributed by atoms with Gasteiger partial charge in [0.05, 0.1) is 0 Å². The van der Waals surface area contributed by atoms with Crippen molar-refractivity contribution in [1.82, 2.24) is 9.80 Å². The number of hydrogen-bond donors (Lipinski definition) is 0. The van der Waals surface area contributed by atoms with Gasteiger partial charge in [-0.3, -0.25) is 9.69 Å². The Morgan fingerprint density at radius 2 is 1.72 bits per heavy atom. The lowest BCUT2D eigenvalue weighted by Gasteiger charge is -2.55. The predicted molar refractivity (Wildman–Crippen MR) is 76.6 cm³/mol. The molecule has 1 amide bonds. The van der Waals surface area contributed by atoms with E-state index >= 15 is 0 Å². The third-order valence-corrected chi connectivity index (χ3v) is 4.66. The average Bonchev–Trinajstić information content (AvgIpc) is 2.26. The fraction of sp³-hybridized carbons (Fsp3) is 0.933. The summed E-state index contributed by atoms with van der Waals surface area (Å²) >= 11 is 0. The minimum absolute atomic E-state index is 0.153. The highest BCUT2D eigenvalue weighted by molar-refractivity contribution is 5.48. The van der Waals surface area contributed by atoms with E-state index in [4.69, 9.17) is 0 Å². The summed E-state index contributed by atoms with van der Waals surface area (Å²) in [6, 6.07) is 0.384. The lowest BCUT2D eigenvalue weighted by atomic mass is 9.77. The molecule has 0 bridgehead atoms. The predicted octanol–water partition coefficient (Wildman–Crippen LogP) is 2.90. The fourth-order valence-corrected chi connectivity index (χ4v) is 3.22. The largest absolute Gasteiger partial charge is 0.342 e. The van der Waals surface area contributed by atoms with Crippen molar-refractivity contribution in [1.29, 1.82) is 0 Å². The van der Waals surface area contributed by atoms with E-state index in [1.165, 1.54) is 0 Å². The van der Waals surface area contributed by atoms with E-state index in [0.717, 1.165) is 38.6 Å². The van der Waals surface area contributed by atoms with Crippen LogP contribution in [0, 0.1) is 0 Å². The molecular formula is C15H30N2O. The standard InChI is InChI=1S/C15H30N2O/c1-7-8-9-17(12-18)13-10-14(2,3)16(6)15(4,5)11-13/h12-13H,7-11H2,1-6H3. The van der Waals surface area contributed by atoms with Crippen molar-refractivity contribution in [3.63, 3.8) is 0 Å². The van der Waals surface area contributed by atoms with E-state index in [1.54, 1.807) is 0 Å². The topological polar surface area (TPSA) is 23.6 Å². The van der Waals surface area contributed by atoms with Crippen LogP contribution in [0.5, 0.6) is 0 Å². The molecule has 0 aromatic heterocycles. The summed E-state index contributed by atoms with van der Waals surface area (Å²) in [4.78, 5) is 15.8. The van der Waals surface area contributed by atoms with Gasteiger partial charge in [-0.2, -0.15) is 0 Å². The van der Waals surface area contributed by atoms with Gasteiger partial charge in [0, 0.05) is 23.7 Å². The molecule has 0 unspecified atom stereocenters. The molecule has 1 aliphatic rings. The highest BCUT2D eigenvalue weighted by Crippen LogP contribution is 2.38. The maximum Gasteiger partial charge on any atom is 0.209 e. The van der Waals surface area contributed by atoms with Gasteiger partial charge in [-0.25, -0.2) is 0 Å². The maximum absolute atomic E-state index is 11.3. The second kappa shape index (κ2) is 5.60. The molecule has 0 aromatic rings. The van der Waals surface area contributed by atoms with Crippen LogP contribution in [-0.2, 0) is 4.79 Å². The summed E-state index contributed by atoms with van der Waals surface area (Å²) in [7, 11) is 2.20. The van der Waals surface area contributed by atoms with Crippen molar-refractivity contribution in [2.45, 2.75) is 77.4 Å². The number of amides is 1. The number of rotatable bonds is 5. The van der Waals surface area contributed by atoms with Gasteiger partial charge in [0.25, 0.3) is 0 Å². The van der Waals surface area contributed by atoms with Crippen LogP contribution in [0.2, 0.25) is 0 Å². The first-order valence-corrected chi connectivity index (χ1v) is 7.19. The molecule has 1 aliphatic heterocycles. The molecule has 0 spiro atoms. The Hall–Kier alpha value is -0.570. The third kappa shape index (κ3) is 3.25. The highest BCUT2D eigenvalue weighted by Gasteiger charge is 2.44. The van der Waals surface area contributed by atoms with Crippen molar-refractivity contribution in [2.75, 3.05) is 13.6 Å². The van der Waals surface area contributed by atoms with Crippen LogP contribution in [-0.4, -0.2) is 46.9 Å². The van der Waals surface area contributed by atoms with Gasteiger partial charge in [-0.1, -0.05) is 13.3 Å². The molecule has 0 saturated carbocycles. The van der Waals surface area contributed by atoms with Crippen LogP contribution in [0.3, 0.4) is 0 Å². The molecular weight excluding hydrogens is 224 g/mol. The fourth-order valence-electron chi connectivity index (χ4n) is 3.22. The third-order valence-electron chi connectivity index (χ3n) is 4.66. The summed E-state index contributed by atoms with van der Waals surface area (Å²) in [5.74, 6) is 0. The number of carbonyl (C=O) groups excluding carboxylic acids is 1. The normalized spacial score (nSPS) is 23.9. The van der Waals surface area contributed by atoms with Gasteiger partial charge in [-0.05, 0) is 54.0 Å². The minimum atomic E-state index is 0.153. The van der Waals surface area contributed by atoms with Gasteiger partial charge in [-0.15, -0.1) is 0 Å². The number of unbranched alkanes of at least 4 members (excludes halogenated alkanes) is 1. The summed E-state index contributed by atoms with van der Waals surface area (Å²) < 4.78 is 0. The summed E-state index contributed by atoms with van der Waals surface area (Å²) in [6.07, 6.45) is 5.43. The Kier molecular flexibility index (Phi) is 4.82. The van der Waals surface area contributed by atoms with E-state index < -0.39 is 0 Å². The van der Waals surface area contributed by atoms with Crippen molar-refractivity contribution >= 4 is 6.41 Å². The summed E-state index contributed by atoms with van der Waals surface area (Å²) in [5, 5.41) is 0. The Labute approximate surface area is 113 Å². The van der Waals surface area contributed by atoms with Crippen LogP contribution in [0.4, 0.5) is 0 Å². The Bertz CT molecular complexity index is 268. The first-order valence-electron chi connectivity index (χ1n) is 7.19. The van der Waals surface area contributed by atoms with E-state index in [0.29, 0.717) is 6.04 Å². The summed E-state index contributed by atoms with van der Waals surface area (Å²) in [5.41, 5.74) is 0.305. The van der Waals surface area contributed by atoms with E-state index in [9.17, 15) is 4.79 Å². The van der Waals surface area contributed by atoms with Crippen LogP contribution in [0.25, 0.3) is 0 Å². The molecule has 1 heterocycles. The van der Waals surface area contributed by atoms with Crippen LogP contribution >= 0.6 is 0 Å². The monoisotopic (exact) mass is 254 g/mol. The van der Waals surface area contributed by atoms with Gasteiger partial charge < -0.3 is 4.90 Å². The number of piperidine rings is 1. The lowest BCUT2D eigenvalue weighted by molar-refractivity contribution is -0.125. The number of likely N-dealkylation sites (tertiary alicyclic amines) is 1. The van der Waals surface area contributed by atoms with E-state index in [-0.39, 0.29) is 11.1 Å². The Morgan fingerprint density at radius 3 is 2.11 bits per heavy atom. The second-order valence-electron chi connectivity index (χ2n) is 6.94. The van der Waals surface area contributed by atoms with E-state index in [2.05, 4.69) is 46.6 Å². The molecule has 3 heteroatoms. The van der Waals surface area contributed by atoms with E-state index in [1.807, 2.05) is 4.90 Å². The molecule has 0 radical (unpaired) electrons. The molecule has 0 aliphatic carbocycles. The highest BCUT2D eigenvalue weighted by atomic mass is 16.1. The lowest BCUT2D eigenvalue weighted by Crippen LogP contribution is -2.62. The zero-order chi connectivity index (χ0) is 14.0. The molecule has 1 fully saturated rings. The average molecular weight is 254 g/mol. The molecule has 0 atom stereocenters. The van der Waals surface area contributed by atoms with Crippen molar-refractivity contribution in [3.05, 3.63) is 0 Å². The van der Waals surface area contributed by atoms with Crippen molar-refractivity contribution in [2.24, 2.45) is 0 Å². The van der Waals surface area contributed by atoms with Gasteiger partial charge in [0.15, 0.2) is 0 Å². The Balaban J connectivity index is 2.81. The summed E-state index contributed by atoms with van der Waals surface area (Å²) in [6.45, 7) is 12.2. The molecule has 1 saturated heterocycles. The molecule has 106 valence electrons. The van der Waals surface area contributed by atoms with Gasteiger partial charge in [0.1, 0.15) is 0 Å². The molecule has 0 N–H and O–H groups in total. The van der Waals surface area contributed by atoms with Gasteiger partial charge in [0.2, 0.25) is 6.41 Å². The Morgan fingerprint density at radius 1 is 1.22 bits per heavy atom. The van der Waals surface area contributed by atoms with Crippen LogP contribution in [0.1, 0.15) is 60.3 Å². The molecule has 1 rings (SSSR count). The first-order chi connectivity index (χ1) is 8.24. The SMILES string of the molecule is CCCCN(C=O)C1CC(C)(C)N(C)C(C)(C)C1. The van der Waals surface area contributed by atoms with Crippen molar-refractivity contribution < 1.29 is 4.79 Å². The quantitative estimate of drug-likeness (QED) is 0.704. The minimum Gasteiger partial charge on any atom is -0.342 e. The van der Waals surface area contributed by atoms with Crippen LogP contribution in [0.15, 0.2) is 0 Å². The number of nitrogens with zero attached hydrogens (tertiary/aromatic N) is 2. The molecule has 18 heavy (non-hydrogen) atoms. The van der Waals surface area contributed by atoms with Crippen molar-refractivity contribution in [3.8, 4) is 0 Å². The zero-order valence-corrected chi connectivity index (χ0v) is 13.0. The molecule has 3 nitrogen and oxygen atoms in total. The number of hydrogen-bond acceptors (Lipinski definition) is 2. The second-order valence-corrected chi connectivity index (χ2v) is 6.94. The number of carbonyl (C=O) groups is 1. The van der Waals surface area contributed by atoms with Gasteiger partial charge >= 0.3 is 0 Å². The first kappa shape index (κ1) is 15.5. The maximum atomic E-state index is 11.3. The van der Waals surface area contributed by atoms with Crippen LogP contribution < -0.4 is 0 Å². The smallest absolute Gasteiger partial charge is 0.209 e. The molecule has 0 aromatic carbocycles. The zero-order valence-electron chi connectivity index (χ0n) is 13.0.